The number of rotatable bonds is 6. The molecular formula is C12H16ClFN4O. The van der Waals surface area contributed by atoms with E-state index in [0.29, 0.717) is 13.2 Å². The Morgan fingerprint density at radius 2 is 2.37 bits per heavy atom. The first kappa shape index (κ1) is 15.6. The first-order valence-electron chi connectivity index (χ1n) is 5.85. The number of pyridine rings is 1. The number of anilines is 1. The Morgan fingerprint density at radius 1 is 1.68 bits per heavy atom. The van der Waals surface area contributed by atoms with Crippen molar-refractivity contribution in [3.05, 3.63) is 22.6 Å². The zero-order valence-electron chi connectivity index (χ0n) is 10.8. The summed E-state index contributed by atoms with van der Waals surface area (Å²) in [6, 6.07) is 2.24. The van der Waals surface area contributed by atoms with E-state index in [0.717, 1.165) is 6.07 Å². The number of hydrogen-bond acceptors (Lipinski definition) is 5. The average molecular weight is 287 g/mol. The van der Waals surface area contributed by atoms with Crippen LogP contribution < -0.4 is 11.1 Å². The van der Waals surface area contributed by atoms with Crippen LogP contribution in [0.1, 0.15) is 19.4 Å². The Bertz CT molecular complexity index is 476. The van der Waals surface area contributed by atoms with E-state index in [4.69, 9.17) is 27.3 Å². The summed E-state index contributed by atoms with van der Waals surface area (Å²) in [5.41, 5.74) is 5.78. The molecule has 104 valence electrons. The fourth-order valence-corrected chi connectivity index (χ4v) is 1.57. The Kier molecular flexibility index (Phi) is 5.96. The maximum Gasteiger partial charge on any atom is 0.166 e. The van der Waals surface area contributed by atoms with Crippen LogP contribution in [0.25, 0.3) is 0 Å². The number of halogens is 2. The SMILES string of the molecule is CCOC[C@@H](Nc1nc(Cl)c(C#N)cc1F)[C@H](C)N. The molecule has 0 bridgehead atoms. The molecule has 0 aliphatic rings. The number of ether oxygens (including phenoxy) is 1. The van der Waals surface area contributed by atoms with Crippen LogP contribution in [-0.2, 0) is 4.74 Å². The van der Waals surface area contributed by atoms with Crippen LogP contribution in [0.15, 0.2) is 6.07 Å². The molecule has 5 nitrogen and oxygen atoms in total. The lowest BCUT2D eigenvalue weighted by Crippen LogP contribution is -2.42. The van der Waals surface area contributed by atoms with Crippen molar-refractivity contribution in [3.63, 3.8) is 0 Å². The summed E-state index contributed by atoms with van der Waals surface area (Å²) in [7, 11) is 0. The van der Waals surface area contributed by atoms with E-state index in [1.807, 2.05) is 6.92 Å². The molecule has 7 heteroatoms. The maximum absolute atomic E-state index is 13.7. The predicted molar refractivity (Wildman–Crippen MR) is 71.5 cm³/mol. The molecule has 0 aromatic carbocycles. The Balaban J connectivity index is 2.91. The molecule has 0 saturated carbocycles. The highest BCUT2D eigenvalue weighted by Crippen LogP contribution is 2.20. The van der Waals surface area contributed by atoms with E-state index in [2.05, 4.69) is 10.3 Å². The van der Waals surface area contributed by atoms with Crippen molar-refractivity contribution in [2.45, 2.75) is 25.9 Å². The molecule has 0 aliphatic heterocycles. The highest BCUT2D eigenvalue weighted by Gasteiger charge is 2.18. The third kappa shape index (κ3) is 4.31. The smallest absolute Gasteiger partial charge is 0.166 e. The van der Waals surface area contributed by atoms with Crippen molar-refractivity contribution in [3.8, 4) is 6.07 Å². The summed E-state index contributed by atoms with van der Waals surface area (Å²) in [6.45, 7) is 4.50. The van der Waals surface area contributed by atoms with Crippen molar-refractivity contribution >= 4 is 17.4 Å². The number of nitrogens with one attached hydrogen (secondary N) is 1. The Hall–Kier alpha value is -1.42. The van der Waals surface area contributed by atoms with Crippen molar-refractivity contribution < 1.29 is 9.13 Å². The van der Waals surface area contributed by atoms with Crippen molar-refractivity contribution in [2.24, 2.45) is 5.73 Å². The molecular weight excluding hydrogens is 271 g/mol. The topological polar surface area (TPSA) is 84.0 Å². The van der Waals surface area contributed by atoms with Gasteiger partial charge in [0, 0.05) is 12.6 Å². The minimum absolute atomic E-state index is 0.00753. The van der Waals surface area contributed by atoms with Crippen LogP contribution in [0, 0.1) is 17.1 Å². The second kappa shape index (κ2) is 7.24. The van der Waals surface area contributed by atoms with Crippen LogP contribution in [0.3, 0.4) is 0 Å². The first-order valence-corrected chi connectivity index (χ1v) is 6.23. The number of nitrogens with zero attached hydrogens (tertiary/aromatic N) is 2. The predicted octanol–water partition coefficient (Wildman–Crippen LogP) is 1.91. The Morgan fingerprint density at radius 3 is 2.89 bits per heavy atom. The molecule has 1 aromatic rings. The van der Waals surface area contributed by atoms with Gasteiger partial charge in [-0.2, -0.15) is 5.26 Å². The summed E-state index contributed by atoms with van der Waals surface area (Å²) in [5, 5.41) is 11.5. The van der Waals surface area contributed by atoms with Gasteiger partial charge in [0.05, 0.1) is 18.2 Å². The highest BCUT2D eigenvalue weighted by molar-refractivity contribution is 6.30. The molecule has 19 heavy (non-hydrogen) atoms. The van der Waals surface area contributed by atoms with Crippen LogP contribution in [0.4, 0.5) is 10.2 Å². The maximum atomic E-state index is 13.7. The van der Waals surface area contributed by atoms with Crippen LogP contribution in [-0.4, -0.2) is 30.3 Å². The van der Waals surface area contributed by atoms with Gasteiger partial charge in [0.15, 0.2) is 11.6 Å². The number of aromatic nitrogens is 1. The Labute approximate surface area is 116 Å². The molecule has 0 radical (unpaired) electrons. The lowest BCUT2D eigenvalue weighted by Gasteiger charge is -2.22. The van der Waals surface area contributed by atoms with Gasteiger partial charge >= 0.3 is 0 Å². The quantitative estimate of drug-likeness (QED) is 0.781. The van der Waals surface area contributed by atoms with E-state index in [-0.39, 0.29) is 28.6 Å². The molecule has 0 saturated heterocycles. The summed E-state index contributed by atoms with van der Waals surface area (Å²) in [4.78, 5) is 3.82. The lowest BCUT2D eigenvalue weighted by molar-refractivity contribution is 0.132. The van der Waals surface area contributed by atoms with E-state index in [1.54, 1.807) is 13.0 Å². The van der Waals surface area contributed by atoms with Gasteiger partial charge in [0.1, 0.15) is 11.2 Å². The average Bonchev–Trinajstić information content (AvgIpc) is 2.37. The van der Waals surface area contributed by atoms with E-state index in [1.165, 1.54) is 0 Å². The van der Waals surface area contributed by atoms with Crippen LogP contribution in [0.5, 0.6) is 0 Å². The standard InChI is InChI=1S/C12H16ClFN4O/c1-3-19-6-10(7(2)16)17-12-9(14)4-8(5-15)11(13)18-12/h4,7,10H,3,6,16H2,1-2H3,(H,17,18)/t7-,10+/m0/s1. The van der Waals surface area contributed by atoms with E-state index < -0.39 is 5.82 Å². The minimum Gasteiger partial charge on any atom is -0.380 e. The van der Waals surface area contributed by atoms with Gasteiger partial charge < -0.3 is 15.8 Å². The largest absolute Gasteiger partial charge is 0.380 e. The van der Waals surface area contributed by atoms with Crippen LogP contribution >= 0.6 is 11.6 Å². The van der Waals surface area contributed by atoms with Crippen molar-refractivity contribution in [2.75, 3.05) is 18.5 Å². The van der Waals surface area contributed by atoms with Crippen molar-refractivity contribution in [1.29, 1.82) is 5.26 Å². The molecule has 2 atom stereocenters. The molecule has 0 amide bonds. The molecule has 0 spiro atoms. The molecule has 3 N–H and O–H groups in total. The molecule has 1 aromatic heterocycles. The third-order valence-electron chi connectivity index (χ3n) is 2.51. The van der Waals surface area contributed by atoms with Crippen molar-refractivity contribution in [1.82, 2.24) is 4.98 Å². The zero-order chi connectivity index (χ0) is 14.4. The second-order valence-corrected chi connectivity index (χ2v) is 4.40. The number of nitriles is 1. The van der Waals surface area contributed by atoms with Gasteiger partial charge in [-0.1, -0.05) is 11.6 Å². The summed E-state index contributed by atoms with van der Waals surface area (Å²) in [6.07, 6.45) is 0. The summed E-state index contributed by atoms with van der Waals surface area (Å²) >= 11 is 5.77. The van der Waals surface area contributed by atoms with Gasteiger partial charge in [0.25, 0.3) is 0 Å². The fourth-order valence-electron chi connectivity index (χ4n) is 1.39. The number of nitrogens with two attached hydrogens (primary N) is 1. The third-order valence-corrected chi connectivity index (χ3v) is 2.80. The molecule has 0 aliphatic carbocycles. The zero-order valence-corrected chi connectivity index (χ0v) is 11.5. The molecule has 0 fully saturated rings. The van der Waals surface area contributed by atoms with E-state index >= 15 is 0 Å². The van der Waals surface area contributed by atoms with Gasteiger partial charge in [-0.05, 0) is 19.9 Å². The van der Waals surface area contributed by atoms with Gasteiger partial charge in [-0.3, -0.25) is 0 Å². The lowest BCUT2D eigenvalue weighted by atomic mass is 10.1. The highest BCUT2D eigenvalue weighted by atomic mass is 35.5. The molecule has 1 heterocycles. The van der Waals surface area contributed by atoms with E-state index in [9.17, 15) is 4.39 Å². The first-order chi connectivity index (χ1) is 8.99. The summed E-state index contributed by atoms with van der Waals surface area (Å²) in [5.74, 6) is -0.686. The second-order valence-electron chi connectivity index (χ2n) is 4.04. The number of hydrogen-bond donors (Lipinski definition) is 2. The monoisotopic (exact) mass is 286 g/mol. The molecule has 0 unspecified atom stereocenters. The van der Waals surface area contributed by atoms with Gasteiger partial charge in [0.2, 0.25) is 0 Å². The fraction of sp³-hybridized carbons (Fsp3) is 0.500. The minimum atomic E-state index is -0.650. The van der Waals surface area contributed by atoms with Gasteiger partial charge in [-0.25, -0.2) is 9.37 Å². The van der Waals surface area contributed by atoms with Gasteiger partial charge in [-0.15, -0.1) is 0 Å². The summed E-state index contributed by atoms with van der Waals surface area (Å²) < 4.78 is 19.0. The molecule has 1 rings (SSSR count). The van der Waals surface area contributed by atoms with Crippen LogP contribution in [0.2, 0.25) is 5.15 Å². The normalized spacial score (nSPS) is 13.7.